The summed E-state index contributed by atoms with van der Waals surface area (Å²) in [4.78, 5) is 44.3. The number of likely N-dealkylation sites (tertiary alicyclic amines) is 1. The van der Waals surface area contributed by atoms with E-state index < -0.39 is 0 Å². The molecular formula is C28H27N5O4S2. The number of piperidine rings is 1. The van der Waals surface area contributed by atoms with E-state index in [4.69, 9.17) is 4.74 Å². The Bertz CT molecular complexity index is 1430. The molecular weight excluding hydrogens is 534 g/mol. The van der Waals surface area contributed by atoms with Gasteiger partial charge in [-0.2, -0.15) is 0 Å². The SMILES string of the molecule is COc1ccc(C(=O)CCC(=O)N2CCC(c3nc(C(=O)Nc4ccc(-c5csnn5)cc4)cs3)CC2)cc1. The number of hydrogen-bond donors (Lipinski definition) is 1. The van der Waals surface area contributed by atoms with Gasteiger partial charge in [0.25, 0.3) is 5.91 Å². The highest BCUT2D eigenvalue weighted by molar-refractivity contribution is 7.10. The van der Waals surface area contributed by atoms with E-state index in [-0.39, 0.29) is 36.4 Å². The maximum absolute atomic E-state index is 12.8. The molecule has 0 spiro atoms. The van der Waals surface area contributed by atoms with E-state index in [2.05, 4.69) is 19.9 Å². The Kier molecular flexibility index (Phi) is 8.38. The number of methoxy groups -OCH3 is 1. The summed E-state index contributed by atoms with van der Waals surface area (Å²) in [6.07, 6.45) is 1.93. The van der Waals surface area contributed by atoms with Crippen LogP contribution in [0.1, 0.15) is 57.5 Å². The van der Waals surface area contributed by atoms with Gasteiger partial charge in [0.2, 0.25) is 5.91 Å². The topological polar surface area (TPSA) is 114 Å². The molecule has 9 nitrogen and oxygen atoms in total. The Hall–Kier alpha value is -3.96. The van der Waals surface area contributed by atoms with E-state index >= 15 is 0 Å². The summed E-state index contributed by atoms with van der Waals surface area (Å²) in [5, 5.41) is 11.5. The van der Waals surface area contributed by atoms with Crippen LogP contribution in [0.4, 0.5) is 5.69 Å². The molecule has 0 unspecified atom stereocenters. The Morgan fingerprint density at radius 2 is 1.74 bits per heavy atom. The minimum atomic E-state index is -0.255. The van der Waals surface area contributed by atoms with Gasteiger partial charge in [-0.15, -0.1) is 16.4 Å². The number of rotatable bonds is 9. The van der Waals surface area contributed by atoms with E-state index in [9.17, 15) is 14.4 Å². The fourth-order valence-electron chi connectivity index (χ4n) is 4.46. The van der Waals surface area contributed by atoms with Crippen LogP contribution in [0, 0.1) is 0 Å². The van der Waals surface area contributed by atoms with Crippen molar-refractivity contribution >= 4 is 46.2 Å². The van der Waals surface area contributed by atoms with Crippen LogP contribution in [0.5, 0.6) is 5.75 Å². The van der Waals surface area contributed by atoms with E-state index in [1.54, 1.807) is 36.8 Å². The van der Waals surface area contributed by atoms with Gasteiger partial charge in [-0.05, 0) is 60.8 Å². The number of amides is 2. The second kappa shape index (κ2) is 12.3. The van der Waals surface area contributed by atoms with Crippen molar-refractivity contribution in [1.29, 1.82) is 0 Å². The summed E-state index contributed by atoms with van der Waals surface area (Å²) < 4.78 is 8.99. The first kappa shape index (κ1) is 26.6. The molecule has 3 heterocycles. The zero-order valence-electron chi connectivity index (χ0n) is 21.3. The Morgan fingerprint density at radius 1 is 1.00 bits per heavy atom. The number of ether oxygens (including phenoxy) is 1. The molecule has 0 radical (unpaired) electrons. The summed E-state index contributed by atoms with van der Waals surface area (Å²) in [6, 6.07) is 14.4. The number of nitrogens with zero attached hydrogens (tertiary/aromatic N) is 4. The maximum Gasteiger partial charge on any atom is 0.275 e. The van der Waals surface area contributed by atoms with Crippen LogP contribution in [-0.4, -0.2) is 57.3 Å². The second-order valence-electron chi connectivity index (χ2n) is 9.20. The number of ketones is 1. The lowest BCUT2D eigenvalue weighted by Gasteiger charge is -2.31. The van der Waals surface area contributed by atoms with E-state index in [1.807, 2.05) is 34.5 Å². The van der Waals surface area contributed by atoms with Crippen molar-refractivity contribution in [3.05, 3.63) is 75.6 Å². The third-order valence-electron chi connectivity index (χ3n) is 6.73. The molecule has 2 amide bonds. The van der Waals surface area contributed by atoms with Crippen molar-refractivity contribution in [1.82, 2.24) is 19.5 Å². The average Bonchev–Trinajstić information content (AvgIpc) is 3.70. The quantitative estimate of drug-likeness (QED) is 0.276. The highest BCUT2D eigenvalue weighted by Gasteiger charge is 2.26. The van der Waals surface area contributed by atoms with Crippen LogP contribution < -0.4 is 10.1 Å². The lowest BCUT2D eigenvalue weighted by atomic mass is 9.97. The van der Waals surface area contributed by atoms with Gasteiger partial charge in [-0.25, -0.2) is 4.98 Å². The van der Waals surface area contributed by atoms with Crippen LogP contribution in [0.15, 0.2) is 59.3 Å². The first-order valence-electron chi connectivity index (χ1n) is 12.6. The highest BCUT2D eigenvalue weighted by Crippen LogP contribution is 2.31. The average molecular weight is 562 g/mol. The molecule has 39 heavy (non-hydrogen) atoms. The number of hydrogen-bond acceptors (Lipinski definition) is 9. The van der Waals surface area contributed by atoms with Crippen LogP contribution in [-0.2, 0) is 4.79 Å². The van der Waals surface area contributed by atoms with E-state index in [1.165, 1.54) is 22.9 Å². The molecule has 1 aliphatic heterocycles. The predicted molar refractivity (Wildman–Crippen MR) is 151 cm³/mol. The first-order chi connectivity index (χ1) is 19.0. The molecule has 1 aliphatic rings. The van der Waals surface area contributed by atoms with Crippen LogP contribution in [0.2, 0.25) is 0 Å². The van der Waals surface area contributed by atoms with E-state index in [0.29, 0.717) is 35.8 Å². The van der Waals surface area contributed by atoms with Gasteiger partial charge in [0.1, 0.15) is 17.1 Å². The summed E-state index contributed by atoms with van der Waals surface area (Å²) in [5.74, 6) is 0.574. The molecule has 2 aromatic carbocycles. The Labute approximate surface area is 234 Å². The van der Waals surface area contributed by atoms with Crippen LogP contribution in [0.3, 0.4) is 0 Å². The van der Waals surface area contributed by atoms with Crippen LogP contribution in [0.25, 0.3) is 11.3 Å². The third-order valence-corrected chi connectivity index (χ3v) is 8.24. The number of Topliss-reactive ketones (excluding diaryl/α,β-unsaturated/α-hetero) is 1. The number of aromatic nitrogens is 3. The smallest absolute Gasteiger partial charge is 0.275 e. The number of carbonyl (C=O) groups is 3. The van der Waals surface area contributed by atoms with Crippen molar-refractivity contribution in [3.63, 3.8) is 0 Å². The number of benzene rings is 2. The van der Waals surface area contributed by atoms with Gasteiger partial charge in [-0.1, -0.05) is 16.6 Å². The zero-order chi connectivity index (χ0) is 27.2. The van der Waals surface area contributed by atoms with Gasteiger partial charge < -0.3 is 15.0 Å². The number of carbonyl (C=O) groups excluding carboxylic acids is 3. The fourth-order valence-corrected chi connectivity index (χ4v) is 5.90. The molecule has 1 N–H and O–H groups in total. The number of nitrogens with one attached hydrogen (secondary N) is 1. The standard InChI is InChI=1S/C28H27N5O4S2/c1-37-22-8-4-19(5-9-22)25(34)10-11-26(35)33-14-12-20(13-15-33)28-30-24(16-38-28)27(36)29-21-6-2-18(3-7-21)23-17-39-32-31-23/h2-9,16-17,20H,10-15H2,1H3,(H,29,36). The Balaban J connectivity index is 1.08. The van der Waals surface area contributed by atoms with Crippen molar-refractivity contribution in [3.8, 4) is 17.0 Å². The van der Waals surface area contributed by atoms with Crippen LogP contribution >= 0.6 is 22.9 Å². The minimum absolute atomic E-state index is 0.00780. The summed E-state index contributed by atoms with van der Waals surface area (Å²) in [7, 11) is 1.58. The minimum Gasteiger partial charge on any atom is -0.497 e. The zero-order valence-corrected chi connectivity index (χ0v) is 23.0. The molecule has 2 aromatic heterocycles. The second-order valence-corrected chi connectivity index (χ2v) is 10.7. The van der Waals surface area contributed by atoms with Gasteiger partial charge >= 0.3 is 0 Å². The van der Waals surface area contributed by atoms with Gasteiger partial charge in [0.15, 0.2) is 5.78 Å². The number of thiazole rings is 1. The Morgan fingerprint density at radius 3 is 2.41 bits per heavy atom. The summed E-state index contributed by atoms with van der Waals surface area (Å²) in [6.45, 7) is 1.23. The molecule has 0 aliphatic carbocycles. The molecule has 4 aromatic rings. The van der Waals surface area contributed by atoms with Crippen molar-refractivity contribution in [2.75, 3.05) is 25.5 Å². The largest absolute Gasteiger partial charge is 0.497 e. The number of anilines is 1. The molecule has 11 heteroatoms. The van der Waals surface area contributed by atoms with Crippen molar-refractivity contribution in [2.45, 2.75) is 31.6 Å². The van der Waals surface area contributed by atoms with Gasteiger partial charge in [-0.3, -0.25) is 14.4 Å². The molecule has 200 valence electrons. The monoisotopic (exact) mass is 561 g/mol. The first-order valence-corrected chi connectivity index (χ1v) is 14.3. The normalized spacial score (nSPS) is 13.7. The molecule has 5 rings (SSSR count). The van der Waals surface area contributed by atoms with Crippen molar-refractivity contribution in [2.24, 2.45) is 0 Å². The molecule has 1 fully saturated rings. The highest BCUT2D eigenvalue weighted by atomic mass is 32.1. The lowest BCUT2D eigenvalue weighted by molar-refractivity contribution is -0.132. The van der Waals surface area contributed by atoms with Crippen molar-refractivity contribution < 1.29 is 19.1 Å². The fraction of sp³-hybridized carbons (Fsp3) is 0.286. The van der Waals surface area contributed by atoms with E-state index in [0.717, 1.165) is 29.1 Å². The molecule has 0 atom stereocenters. The molecule has 0 bridgehead atoms. The summed E-state index contributed by atoms with van der Waals surface area (Å²) in [5.41, 5.74) is 3.39. The molecule has 1 saturated heterocycles. The third kappa shape index (κ3) is 6.55. The van der Waals surface area contributed by atoms with Gasteiger partial charge in [0.05, 0.1) is 12.1 Å². The lowest BCUT2D eigenvalue weighted by Crippen LogP contribution is -2.38. The maximum atomic E-state index is 12.8. The summed E-state index contributed by atoms with van der Waals surface area (Å²) >= 11 is 2.77. The predicted octanol–water partition coefficient (Wildman–Crippen LogP) is 5.29. The van der Waals surface area contributed by atoms with Gasteiger partial charge in [0, 0.05) is 59.4 Å². The molecule has 0 saturated carbocycles.